The van der Waals surface area contributed by atoms with Crippen LogP contribution in [-0.4, -0.2) is 29.9 Å². The molecule has 1 amide bonds. The van der Waals surface area contributed by atoms with Crippen LogP contribution in [0.15, 0.2) is 79.0 Å². The van der Waals surface area contributed by atoms with Crippen LogP contribution in [0.2, 0.25) is 5.02 Å². The number of methoxy groups -OCH3 is 1. The summed E-state index contributed by atoms with van der Waals surface area (Å²) in [5.74, 6) is 0.502. The molecule has 142 valence electrons. The van der Waals surface area contributed by atoms with E-state index in [1.807, 2.05) is 48.5 Å². The molecule has 4 nitrogen and oxygen atoms in total. The molecule has 0 aliphatic heterocycles. The Hall–Kier alpha value is -3.11. The van der Waals surface area contributed by atoms with Gasteiger partial charge in [-0.2, -0.15) is 0 Å². The van der Waals surface area contributed by atoms with E-state index in [0.29, 0.717) is 10.8 Å². The number of pyridine rings is 1. The Kier molecular flexibility index (Phi) is 6.45. The maximum atomic E-state index is 12.9. The smallest absolute Gasteiger partial charge is 0.247 e. The molecule has 0 N–H and O–H groups in total. The lowest BCUT2D eigenvalue weighted by Crippen LogP contribution is -2.31. The summed E-state index contributed by atoms with van der Waals surface area (Å²) in [6.07, 6.45) is 4.97. The summed E-state index contributed by atoms with van der Waals surface area (Å²) in [6.45, 7) is 0. The molecule has 0 saturated heterocycles. The standard InChI is InChI=1S/C23H21ClN2O2/c1-26(22(27)14-11-18-16-19(24)12-13-21(18)28-2)23(17-8-4-3-5-9-17)20-10-6-7-15-25-20/h3-16,23H,1-2H3/b14-11+. The quantitative estimate of drug-likeness (QED) is 0.554. The second-order valence-electron chi connectivity index (χ2n) is 6.24. The van der Waals surface area contributed by atoms with E-state index in [-0.39, 0.29) is 11.9 Å². The Bertz CT molecular complexity index is 919. The second kappa shape index (κ2) is 9.20. The van der Waals surface area contributed by atoms with Crippen molar-refractivity contribution in [1.29, 1.82) is 0 Å². The first-order valence-electron chi connectivity index (χ1n) is 8.84. The average Bonchev–Trinajstić information content (AvgIpc) is 2.73. The number of nitrogens with zero attached hydrogens (tertiary/aromatic N) is 2. The minimum absolute atomic E-state index is 0.151. The monoisotopic (exact) mass is 392 g/mol. The van der Waals surface area contributed by atoms with Crippen molar-refractivity contribution in [3.8, 4) is 5.75 Å². The van der Waals surface area contributed by atoms with Gasteiger partial charge in [0.1, 0.15) is 5.75 Å². The van der Waals surface area contributed by atoms with Crippen LogP contribution in [0.25, 0.3) is 6.08 Å². The van der Waals surface area contributed by atoms with E-state index in [2.05, 4.69) is 4.98 Å². The molecule has 0 aliphatic carbocycles. The van der Waals surface area contributed by atoms with Crippen LogP contribution in [0.4, 0.5) is 0 Å². The van der Waals surface area contributed by atoms with Crippen LogP contribution in [0.3, 0.4) is 0 Å². The highest BCUT2D eigenvalue weighted by Crippen LogP contribution is 2.27. The van der Waals surface area contributed by atoms with E-state index >= 15 is 0 Å². The highest BCUT2D eigenvalue weighted by Gasteiger charge is 2.23. The van der Waals surface area contributed by atoms with Crippen molar-refractivity contribution < 1.29 is 9.53 Å². The molecule has 0 bridgehead atoms. The first-order chi connectivity index (χ1) is 13.6. The van der Waals surface area contributed by atoms with E-state index < -0.39 is 0 Å². The number of ether oxygens (including phenoxy) is 1. The van der Waals surface area contributed by atoms with Crippen LogP contribution >= 0.6 is 11.6 Å². The number of carbonyl (C=O) groups is 1. The Labute approximate surface area is 170 Å². The van der Waals surface area contributed by atoms with Crippen molar-refractivity contribution in [3.05, 3.63) is 101 Å². The highest BCUT2D eigenvalue weighted by molar-refractivity contribution is 6.30. The summed E-state index contributed by atoms with van der Waals surface area (Å²) in [5.41, 5.74) is 2.54. The minimum Gasteiger partial charge on any atom is -0.496 e. The van der Waals surface area contributed by atoms with Crippen molar-refractivity contribution in [1.82, 2.24) is 9.88 Å². The number of benzene rings is 2. The third-order valence-corrected chi connectivity index (χ3v) is 4.65. The lowest BCUT2D eigenvalue weighted by Gasteiger charge is -2.27. The number of hydrogen-bond acceptors (Lipinski definition) is 3. The first-order valence-corrected chi connectivity index (χ1v) is 9.22. The van der Waals surface area contributed by atoms with Crippen LogP contribution in [0, 0.1) is 0 Å². The van der Waals surface area contributed by atoms with Gasteiger partial charge in [0.2, 0.25) is 5.91 Å². The number of amides is 1. The predicted octanol–water partition coefficient (Wildman–Crippen LogP) is 5.00. The Morgan fingerprint density at radius 3 is 2.54 bits per heavy atom. The summed E-state index contributed by atoms with van der Waals surface area (Å²) in [4.78, 5) is 19.1. The molecule has 0 spiro atoms. The van der Waals surface area contributed by atoms with Crippen molar-refractivity contribution in [2.45, 2.75) is 6.04 Å². The zero-order valence-electron chi connectivity index (χ0n) is 15.7. The average molecular weight is 393 g/mol. The lowest BCUT2D eigenvalue weighted by atomic mass is 10.0. The number of rotatable bonds is 6. The van der Waals surface area contributed by atoms with Gasteiger partial charge in [-0.25, -0.2) is 0 Å². The zero-order chi connectivity index (χ0) is 19.9. The van der Waals surface area contributed by atoms with Crippen LogP contribution < -0.4 is 4.74 Å². The molecular formula is C23H21ClN2O2. The highest BCUT2D eigenvalue weighted by atomic mass is 35.5. The maximum Gasteiger partial charge on any atom is 0.247 e. The van der Waals surface area contributed by atoms with E-state index in [9.17, 15) is 4.79 Å². The molecule has 0 fully saturated rings. The first kappa shape index (κ1) is 19.6. The number of aromatic nitrogens is 1. The molecule has 0 saturated carbocycles. The fourth-order valence-electron chi connectivity index (χ4n) is 3.01. The molecule has 0 radical (unpaired) electrons. The summed E-state index contributed by atoms with van der Waals surface area (Å²) < 4.78 is 5.33. The number of likely N-dealkylation sites (N-methyl/N-ethyl adjacent to an activating group) is 1. The third-order valence-electron chi connectivity index (χ3n) is 4.42. The lowest BCUT2D eigenvalue weighted by molar-refractivity contribution is -0.126. The van der Waals surface area contributed by atoms with Crippen LogP contribution in [-0.2, 0) is 4.79 Å². The number of hydrogen-bond donors (Lipinski definition) is 0. The van der Waals surface area contributed by atoms with E-state index in [0.717, 1.165) is 16.8 Å². The summed E-state index contributed by atoms with van der Waals surface area (Å²) in [7, 11) is 3.36. The molecule has 3 aromatic rings. The normalized spacial score (nSPS) is 12.0. The van der Waals surface area contributed by atoms with Gasteiger partial charge in [-0.3, -0.25) is 9.78 Å². The van der Waals surface area contributed by atoms with Crippen molar-refractivity contribution >= 4 is 23.6 Å². The maximum absolute atomic E-state index is 12.9. The van der Waals surface area contributed by atoms with Crippen LogP contribution in [0.5, 0.6) is 5.75 Å². The Balaban J connectivity index is 1.90. The van der Waals surface area contributed by atoms with E-state index in [1.165, 1.54) is 6.08 Å². The van der Waals surface area contributed by atoms with E-state index in [1.54, 1.807) is 49.5 Å². The Morgan fingerprint density at radius 1 is 1.11 bits per heavy atom. The topological polar surface area (TPSA) is 42.4 Å². The van der Waals surface area contributed by atoms with Gasteiger partial charge in [0, 0.05) is 29.9 Å². The fourth-order valence-corrected chi connectivity index (χ4v) is 3.19. The number of carbonyl (C=O) groups excluding carboxylic acids is 1. The summed E-state index contributed by atoms with van der Waals surface area (Å²) in [6, 6.07) is 20.5. The van der Waals surface area contributed by atoms with E-state index in [4.69, 9.17) is 16.3 Å². The van der Waals surface area contributed by atoms with Gasteiger partial charge in [-0.1, -0.05) is 48.0 Å². The van der Waals surface area contributed by atoms with Crippen molar-refractivity contribution in [3.63, 3.8) is 0 Å². The summed E-state index contributed by atoms with van der Waals surface area (Å²) >= 11 is 6.07. The molecule has 2 aromatic carbocycles. The van der Waals surface area contributed by atoms with Crippen LogP contribution in [0.1, 0.15) is 22.9 Å². The molecule has 28 heavy (non-hydrogen) atoms. The Morgan fingerprint density at radius 2 is 1.86 bits per heavy atom. The van der Waals surface area contributed by atoms with Gasteiger partial charge in [-0.05, 0) is 42.0 Å². The summed E-state index contributed by atoms with van der Waals surface area (Å²) in [5, 5.41) is 0.580. The molecule has 1 unspecified atom stereocenters. The van der Waals surface area contributed by atoms with Gasteiger partial charge in [0.25, 0.3) is 0 Å². The molecule has 1 heterocycles. The zero-order valence-corrected chi connectivity index (χ0v) is 16.5. The SMILES string of the molecule is COc1ccc(Cl)cc1/C=C/C(=O)N(C)C(c1ccccc1)c1ccccn1. The molecule has 5 heteroatoms. The fraction of sp³-hybridized carbons (Fsp3) is 0.130. The van der Waals surface area contributed by atoms with Gasteiger partial charge in [0.05, 0.1) is 18.8 Å². The number of halogens is 1. The second-order valence-corrected chi connectivity index (χ2v) is 6.67. The minimum atomic E-state index is -0.291. The molecule has 1 atom stereocenters. The third kappa shape index (κ3) is 4.59. The molecule has 3 rings (SSSR count). The predicted molar refractivity (Wildman–Crippen MR) is 112 cm³/mol. The molecule has 0 aliphatic rings. The van der Waals surface area contributed by atoms with Gasteiger partial charge in [0.15, 0.2) is 0 Å². The van der Waals surface area contributed by atoms with Gasteiger partial charge < -0.3 is 9.64 Å². The van der Waals surface area contributed by atoms with Crippen molar-refractivity contribution in [2.75, 3.05) is 14.2 Å². The van der Waals surface area contributed by atoms with Gasteiger partial charge in [-0.15, -0.1) is 0 Å². The molecule has 1 aromatic heterocycles. The largest absolute Gasteiger partial charge is 0.496 e. The molecular weight excluding hydrogens is 372 g/mol. The van der Waals surface area contributed by atoms with Gasteiger partial charge >= 0.3 is 0 Å². The van der Waals surface area contributed by atoms with Crippen molar-refractivity contribution in [2.24, 2.45) is 0 Å².